The van der Waals surface area contributed by atoms with Gasteiger partial charge in [0.05, 0.1) is 11.6 Å². The van der Waals surface area contributed by atoms with Gasteiger partial charge in [0.2, 0.25) is 0 Å². The third-order valence-electron chi connectivity index (χ3n) is 1.97. The van der Waals surface area contributed by atoms with Crippen molar-refractivity contribution in [2.75, 3.05) is 7.11 Å². The summed E-state index contributed by atoms with van der Waals surface area (Å²) in [4.78, 5) is 0. The standard InChI is InChI=1S/C11H16BrNO2/c1-11(2,13)6-7-4-8(12)10(14)9(5-7)15-3/h4-5,14H,6,13H2,1-3H3. The Kier molecular flexibility index (Phi) is 3.62. The summed E-state index contributed by atoms with van der Waals surface area (Å²) in [7, 11) is 1.53. The second-order valence-corrected chi connectivity index (χ2v) is 5.15. The maximum atomic E-state index is 9.62. The van der Waals surface area contributed by atoms with Gasteiger partial charge in [0.15, 0.2) is 11.5 Å². The Balaban J connectivity index is 3.06. The van der Waals surface area contributed by atoms with Crippen LogP contribution in [-0.2, 0) is 6.42 Å². The lowest BCUT2D eigenvalue weighted by Gasteiger charge is -2.19. The molecule has 0 atom stereocenters. The fourth-order valence-corrected chi connectivity index (χ4v) is 1.90. The number of phenols is 1. The van der Waals surface area contributed by atoms with Crippen molar-refractivity contribution in [3.05, 3.63) is 22.2 Å². The molecule has 0 aromatic heterocycles. The molecule has 84 valence electrons. The average molecular weight is 274 g/mol. The first-order chi connectivity index (χ1) is 6.83. The topological polar surface area (TPSA) is 55.5 Å². The van der Waals surface area contributed by atoms with E-state index in [4.69, 9.17) is 10.5 Å². The predicted molar refractivity (Wildman–Crippen MR) is 64.3 cm³/mol. The Morgan fingerprint density at radius 2 is 2.07 bits per heavy atom. The van der Waals surface area contributed by atoms with Crippen LogP contribution in [0.4, 0.5) is 0 Å². The van der Waals surface area contributed by atoms with Crippen LogP contribution in [0.15, 0.2) is 16.6 Å². The highest BCUT2D eigenvalue weighted by Crippen LogP contribution is 2.35. The van der Waals surface area contributed by atoms with E-state index in [2.05, 4.69) is 15.9 Å². The molecule has 0 unspecified atom stereocenters. The Morgan fingerprint density at radius 3 is 2.53 bits per heavy atom. The number of hydrogen-bond acceptors (Lipinski definition) is 3. The van der Waals surface area contributed by atoms with Crippen molar-refractivity contribution in [2.45, 2.75) is 25.8 Å². The molecule has 3 N–H and O–H groups in total. The van der Waals surface area contributed by atoms with Gasteiger partial charge in [-0.3, -0.25) is 0 Å². The number of benzene rings is 1. The minimum absolute atomic E-state index is 0.121. The maximum absolute atomic E-state index is 9.62. The molecule has 0 aliphatic carbocycles. The van der Waals surface area contributed by atoms with E-state index in [-0.39, 0.29) is 11.3 Å². The zero-order valence-electron chi connectivity index (χ0n) is 9.17. The molecule has 0 aliphatic rings. The highest BCUT2D eigenvalue weighted by atomic mass is 79.9. The van der Waals surface area contributed by atoms with E-state index in [0.29, 0.717) is 10.2 Å². The second kappa shape index (κ2) is 4.41. The molecule has 0 bridgehead atoms. The van der Waals surface area contributed by atoms with Crippen molar-refractivity contribution in [3.63, 3.8) is 0 Å². The molecule has 3 nitrogen and oxygen atoms in total. The number of methoxy groups -OCH3 is 1. The molecule has 15 heavy (non-hydrogen) atoms. The molecular formula is C11H16BrNO2. The summed E-state index contributed by atoms with van der Waals surface area (Å²) in [6, 6.07) is 3.65. The SMILES string of the molecule is COc1cc(CC(C)(C)N)cc(Br)c1O. The van der Waals surface area contributed by atoms with Gasteiger partial charge in [0.25, 0.3) is 0 Å². The number of hydrogen-bond donors (Lipinski definition) is 2. The monoisotopic (exact) mass is 273 g/mol. The molecule has 0 heterocycles. The highest BCUT2D eigenvalue weighted by molar-refractivity contribution is 9.10. The fourth-order valence-electron chi connectivity index (χ4n) is 1.41. The normalized spacial score (nSPS) is 11.5. The molecule has 0 aliphatic heterocycles. The van der Waals surface area contributed by atoms with E-state index in [1.165, 1.54) is 7.11 Å². The number of phenolic OH excluding ortho intramolecular Hbond substituents is 1. The fraction of sp³-hybridized carbons (Fsp3) is 0.455. The lowest BCUT2D eigenvalue weighted by atomic mass is 9.96. The van der Waals surface area contributed by atoms with Crippen LogP contribution in [0, 0.1) is 0 Å². The van der Waals surface area contributed by atoms with Crippen LogP contribution in [0.1, 0.15) is 19.4 Å². The minimum Gasteiger partial charge on any atom is -0.503 e. The molecule has 4 heteroatoms. The molecule has 1 aromatic carbocycles. The van der Waals surface area contributed by atoms with E-state index in [9.17, 15) is 5.11 Å². The van der Waals surface area contributed by atoms with Crippen molar-refractivity contribution in [1.29, 1.82) is 0 Å². The van der Waals surface area contributed by atoms with Crippen molar-refractivity contribution < 1.29 is 9.84 Å². The summed E-state index contributed by atoms with van der Waals surface area (Å²) in [6.07, 6.45) is 0.724. The van der Waals surface area contributed by atoms with Gasteiger partial charge >= 0.3 is 0 Å². The third kappa shape index (κ3) is 3.39. The van der Waals surface area contributed by atoms with Gasteiger partial charge < -0.3 is 15.6 Å². The van der Waals surface area contributed by atoms with Crippen molar-refractivity contribution >= 4 is 15.9 Å². The van der Waals surface area contributed by atoms with Crippen molar-refractivity contribution in [1.82, 2.24) is 0 Å². The first kappa shape index (κ1) is 12.3. The molecule has 0 fully saturated rings. The average Bonchev–Trinajstić information content (AvgIpc) is 2.08. The molecule has 0 spiro atoms. The van der Waals surface area contributed by atoms with Gasteiger partial charge in [-0.2, -0.15) is 0 Å². The lowest BCUT2D eigenvalue weighted by molar-refractivity contribution is 0.370. The zero-order valence-corrected chi connectivity index (χ0v) is 10.8. The summed E-state index contributed by atoms with van der Waals surface area (Å²) in [5, 5.41) is 9.62. The predicted octanol–water partition coefficient (Wildman–Crippen LogP) is 2.44. The summed E-state index contributed by atoms with van der Waals surface area (Å²) >= 11 is 3.27. The first-order valence-corrected chi connectivity index (χ1v) is 5.47. The molecular weight excluding hydrogens is 258 g/mol. The Bertz CT molecular complexity index is 358. The van der Waals surface area contributed by atoms with Crippen LogP contribution < -0.4 is 10.5 Å². The summed E-state index contributed by atoms with van der Waals surface area (Å²) in [5.41, 5.74) is 6.68. The van der Waals surface area contributed by atoms with E-state index < -0.39 is 0 Å². The number of rotatable bonds is 3. The van der Waals surface area contributed by atoms with Gasteiger partial charge in [-0.25, -0.2) is 0 Å². The third-order valence-corrected chi connectivity index (χ3v) is 2.57. The van der Waals surface area contributed by atoms with Gasteiger partial charge in [0.1, 0.15) is 0 Å². The summed E-state index contributed by atoms with van der Waals surface area (Å²) in [5.74, 6) is 0.583. The van der Waals surface area contributed by atoms with Crippen LogP contribution in [0.3, 0.4) is 0 Å². The molecule has 0 saturated carbocycles. The molecule has 0 amide bonds. The van der Waals surface area contributed by atoms with Crippen LogP contribution in [-0.4, -0.2) is 17.8 Å². The molecule has 1 rings (SSSR count). The smallest absolute Gasteiger partial charge is 0.172 e. The van der Waals surface area contributed by atoms with Gasteiger partial charge in [-0.15, -0.1) is 0 Å². The van der Waals surface area contributed by atoms with E-state index in [1.807, 2.05) is 19.9 Å². The highest BCUT2D eigenvalue weighted by Gasteiger charge is 2.15. The van der Waals surface area contributed by atoms with E-state index >= 15 is 0 Å². The first-order valence-electron chi connectivity index (χ1n) is 4.68. The van der Waals surface area contributed by atoms with Gasteiger partial charge in [0, 0.05) is 5.54 Å². The Hall–Kier alpha value is -0.740. The molecule has 0 saturated heterocycles. The van der Waals surface area contributed by atoms with Gasteiger partial charge in [-0.1, -0.05) is 0 Å². The van der Waals surface area contributed by atoms with E-state index in [0.717, 1.165) is 12.0 Å². The van der Waals surface area contributed by atoms with Gasteiger partial charge in [-0.05, 0) is 53.9 Å². The number of nitrogens with two attached hydrogens (primary N) is 1. The van der Waals surface area contributed by atoms with E-state index in [1.54, 1.807) is 6.07 Å². The summed E-state index contributed by atoms with van der Waals surface area (Å²) < 4.78 is 5.69. The maximum Gasteiger partial charge on any atom is 0.172 e. The largest absolute Gasteiger partial charge is 0.503 e. The molecule has 1 aromatic rings. The van der Waals surface area contributed by atoms with Crippen molar-refractivity contribution in [2.24, 2.45) is 5.73 Å². The van der Waals surface area contributed by atoms with Crippen molar-refractivity contribution in [3.8, 4) is 11.5 Å². The van der Waals surface area contributed by atoms with Crippen LogP contribution in [0.25, 0.3) is 0 Å². The Labute approximate surface area is 98.4 Å². The van der Waals surface area contributed by atoms with Crippen LogP contribution >= 0.6 is 15.9 Å². The van der Waals surface area contributed by atoms with Crippen LogP contribution in [0.2, 0.25) is 0 Å². The quantitative estimate of drug-likeness (QED) is 0.890. The summed E-state index contributed by atoms with van der Waals surface area (Å²) in [6.45, 7) is 3.92. The van der Waals surface area contributed by atoms with Crippen LogP contribution in [0.5, 0.6) is 11.5 Å². The Morgan fingerprint density at radius 1 is 1.47 bits per heavy atom. The molecule has 0 radical (unpaired) electrons. The zero-order chi connectivity index (χ0) is 11.6. The minimum atomic E-state index is -0.276. The number of ether oxygens (including phenoxy) is 1. The number of aromatic hydroxyl groups is 1. The lowest BCUT2D eigenvalue weighted by Crippen LogP contribution is -2.34. The number of halogens is 1. The second-order valence-electron chi connectivity index (χ2n) is 4.29.